The third-order valence-corrected chi connectivity index (χ3v) is 2.43. The molecule has 0 unspecified atom stereocenters. The van der Waals surface area contributed by atoms with Gasteiger partial charge in [0.15, 0.2) is 0 Å². The highest BCUT2D eigenvalue weighted by Crippen LogP contribution is 2.37. The smallest absolute Gasteiger partial charge is 0.258 e. The number of nitro benzene ring substituents is 1. The predicted octanol–water partition coefficient (Wildman–Crippen LogP) is 3.60. The Hall–Kier alpha value is -1.04. The monoisotopic (exact) mass is 265 g/mol. The average Bonchev–Trinajstić information content (AvgIpc) is 2.07. The van der Waals surface area contributed by atoms with Crippen LogP contribution in [0.2, 0.25) is 0 Å². The van der Waals surface area contributed by atoms with Crippen LogP contribution in [0.15, 0.2) is 16.6 Å². The van der Waals surface area contributed by atoms with Crippen molar-refractivity contribution < 1.29 is 13.7 Å². The Bertz CT molecular complexity index is 382. The molecule has 1 rings (SSSR count). The number of hydrogen-bond donors (Lipinski definition) is 0. The van der Waals surface area contributed by atoms with Gasteiger partial charge in [0.1, 0.15) is 0 Å². The molecular formula is C8H6BrF2NO2. The summed E-state index contributed by atoms with van der Waals surface area (Å²) in [7, 11) is 0. The summed E-state index contributed by atoms with van der Waals surface area (Å²) in [4.78, 5) is 9.73. The van der Waals surface area contributed by atoms with Crippen LogP contribution in [0.4, 0.5) is 14.5 Å². The largest absolute Gasteiger partial charge is 0.292 e. The minimum atomic E-state index is -2.84. The molecule has 0 aliphatic heterocycles. The van der Waals surface area contributed by atoms with Gasteiger partial charge < -0.3 is 0 Å². The molecule has 76 valence electrons. The molecule has 0 heterocycles. The molecule has 0 spiro atoms. The van der Waals surface area contributed by atoms with Crippen LogP contribution in [0.5, 0.6) is 0 Å². The summed E-state index contributed by atoms with van der Waals surface area (Å²) >= 11 is 2.88. The molecule has 0 fully saturated rings. The highest BCUT2D eigenvalue weighted by molar-refractivity contribution is 9.10. The summed E-state index contributed by atoms with van der Waals surface area (Å²) < 4.78 is 25.1. The second-order valence-corrected chi connectivity index (χ2v) is 3.54. The van der Waals surface area contributed by atoms with Gasteiger partial charge in [-0.25, -0.2) is 8.78 Å². The molecule has 0 radical (unpaired) electrons. The Morgan fingerprint density at radius 1 is 1.50 bits per heavy atom. The van der Waals surface area contributed by atoms with Crippen molar-refractivity contribution in [2.75, 3.05) is 0 Å². The average molecular weight is 266 g/mol. The van der Waals surface area contributed by atoms with E-state index in [4.69, 9.17) is 0 Å². The second-order valence-electron chi connectivity index (χ2n) is 2.68. The maximum Gasteiger partial charge on any atom is 0.292 e. The minimum absolute atomic E-state index is 0.0726. The summed E-state index contributed by atoms with van der Waals surface area (Å²) in [6.07, 6.45) is -2.84. The lowest BCUT2D eigenvalue weighted by Crippen LogP contribution is -1.99. The molecule has 3 nitrogen and oxygen atoms in total. The first-order valence-corrected chi connectivity index (χ1v) is 4.46. The Labute approximate surface area is 87.0 Å². The Balaban J connectivity index is 3.50. The normalized spacial score (nSPS) is 10.6. The second kappa shape index (κ2) is 4.00. The van der Waals surface area contributed by atoms with Gasteiger partial charge in [0.25, 0.3) is 12.1 Å². The number of hydrogen-bond acceptors (Lipinski definition) is 2. The zero-order chi connectivity index (χ0) is 10.9. The van der Waals surface area contributed by atoms with E-state index in [9.17, 15) is 18.9 Å². The summed E-state index contributed by atoms with van der Waals surface area (Å²) in [6, 6.07) is 2.80. The quantitative estimate of drug-likeness (QED) is 0.606. The molecular weight excluding hydrogens is 260 g/mol. The van der Waals surface area contributed by atoms with Gasteiger partial charge >= 0.3 is 0 Å². The third kappa shape index (κ3) is 1.89. The van der Waals surface area contributed by atoms with Crippen molar-refractivity contribution in [2.45, 2.75) is 13.3 Å². The molecule has 0 bridgehead atoms. The maximum atomic E-state index is 12.5. The van der Waals surface area contributed by atoms with Crippen LogP contribution in [-0.2, 0) is 0 Å². The molecule has 0 amide bonds. The van der Waals surface area contributed by atoms with E-state index in [1.165, 1.54) is 19.1 Å². The summed E-state index contributed by atoms with van der Waals surface area (Å²) in [5, 5.41) is 10.5. The first-order valence-electron chi connectivity index (χ1n) is 3.66. The number of halogens is 3. The number of nitrogens with zero attached hydrogens (tertiary/aromatic N) is 1. The summed E-state index contributed by atoms with van der Waals surface area (Å²) in [5.74, 6) is 0. The zero-order valence-corrected chi connectivity index (χ0v) is 8.72. The molecule has 0 aliphatic carbocycles. The molecule has 0 saturated heterocycles. The first-order chi connectivity index (χ1) is 6.45. The maximum absolute atomic E-state index is 12.5. The summed E-state index contributed by atoms with van der Waals surface area (Å²) in [6.45, 7) is 1.42. The molecule has 0 atom stereocenters. The van der Waals surface area contributed by atoms with E-state index in [2.05, 4.69) is 15.9 Å². The third-order valence-electron chi connectivity index (χ3n) is 1.79. The van der Waals surface area contributed by atoms with Gasteiger partial charge in [-0.2, -0.15) is 0 Å². The van der Waals surface area contributed by atoms with Crippen molar-refractivity contribution in [3.63, 3.8) is 0 Å². The van der Waals surface area contributed by atoms with E-state index in [0.29, 0.717) is 0 Å². The van der Waals surface area contributed by atoms with Gasteiger partial charge in [-0.05, 0) is 34.5 Å². The first kappa shape index (κ1) is 11.0. The van der Waals surface area contributed by atoms with Gasteiger partial charge in [0.2, 0.25) is 0 Å². The van der Waals surface area contributed by atoms with Gasteiger partial charge in [0, 0.05) is 0 Å². The van der Waals surface area contributed by atoms with Gasteiger partial charge in [-0.15, -0.1) is 0 Å². The molecule has 0 aromatic heterocycles. The topological polar surface area (TPSA) is 43.1 Å². The van der Waals surface area contributed by atoms with Gasteiger partial charge in [-0.3, -0.25) is 10.1 Å². The number of rotatable bonds is 2. The highest BCUT2D eigenvalue weighted by atomic mass is 79.9. The minimum Gasteiger partial charge on any atom is -0.258 e. The van der Waals surface area contributed by atoms with E-state index >= 15 is 0 Å². The van der Waals surface area contributed by atoms with Crippen LogP contribution in [0.25, 0.3) is 0 Å². The molecule has 0 saturated carbocycles. The Morgan fingerprint density at radius 3 is 2.43 bits per heavy atom. The molecule has 1 aromatic carbocycles. The standard InChI is InChI=1S/C8H6BrF2NO2/c1-4-2-3-5(9)7(12(13)14)6(4)8(10)11/h2-3,8H,1H3. The van der Waals surface area contributed by atoms with Gasteiger partial charge in [-0.1, -0.05) is 6.07 Å². The van der Waals surface area contributed by atoms with Crippen molar-refractivity contribution in [3.8, 4) is 0 Å². The fourth-order valence-corrected chi connectivity index (χ4v) is 1.63. The number of alkyl halides is 2. The number of benzene rings is 1. The van der Waals surface area contributed by atoms with Crippen LogP contribution in [-0.4, -0.2) is 4.92 Å². The van der Waals surface area contributed by atoms with E-state index in [1.54, 1.807) is 0 Å². The van der Waals surface area contributed by atoms with Crippen LogP contribution in [0, 0.1) is 17.0 Å². The lowest BCUT2D eigenvalue weighted by molar-refractivity contribution is -0.387. The Kier molecular flexibility index (Phi) is 3.15. The molecule has 0 N–H and O–H groups in total. The predicted molar refractivity (Wildman–Crippen MR) is 50.5 cm³/mol. The Morgan fingerprint density at radius 2 is 2.07 bits per heavy atom. The lowest BCUT2D eigenvalue weighted by Gasteiger charge is -2.06. The zero-order valence-electron chi connectivity index (χ0n) is 7.13. The lowest BCUT2D eigenvalue weighted by atomic mass is 10.1. The van der Waals surface area contributed by atoms with Crippen molar-refractivity contribution in [1.82, 2.24) is 0 Å². The summed E-state index contributed by atoms with van der Waals surface area (Å²) in [5.41, 5.74) is -0.862. The van der Waals surface area contributed by atoms with Crippen LogP contribution in [0.3, 0.4) is 0 Å². The van der Waals surface area contributed by atoms with Crippen molar-refractivity contribution >= 4 is 21.6 Å². The van der Waals surface area contributed by atoms with Crippen molar-refractivity contribution in [1.29, 1.82) is 0 Å². The van der Waals surface area contributed by atoms with E-state index < -0.39 is 22.6 Å². The van der Waals surface area contributed by atoms with Crippen LogP contribution >= 0.6 is 15.9 Å². The van der Waals surface area contributed by atoms with Gasteiger partial charge in [0.05, 0.1) is 15.0 Å². The number of nitro groups is 1. The SMILES string of the molecule is Cc1ccc(Br)c([N+](=O)[O-])c1C(F)F. The van der Waals surface area contributed by atoms with E-state index in [1.807, 2.05) is 0 Å². The molecule has 14 heavy (non-hydrogen) atoms. The molecule has 0 aliphatic rings. The fourth-order valence-electron chi connectivity index (χ4n) is 1.14. The molecule has 1 aromatic rings. The van der Waals surface area contributed by atoms with Crippen molar-refractivity contribution in [3.05, 3.63) is 37.8 Å². The number of aryl methyl sites for hydroxylation is 1. The van der Waals surface area contributed by atoms with Crippen LogP contribution in [0.1, 0.15) is 17.6 Å². The molecule has 6 heteroatoms. The van der Waals surface area contributed by atoms with Crippen LogP contribution < -0.4 is 0 Å². The van der Waals surface area contributed by atoms with Crippen molar-refractivity contribution in [2.24, 2.45) is 0 Å². The fraction of sp³-hybridized carbons (Fsp3) is 0.250. The van der Waals surface area contributed by atoms with E-state index in [-0.39, 0.29) is 10.0 Å². The highest BCUT2D eigenvalue weighted by Gasteiger charge is 2.26. The van der Waals surface area contributed by atoms with E-state index in [0.717, 1.165) is 0 Å².